The second-order valence-corrected chi connectivity index (χ2v) is 6.83. The summed E-state index contributed by atoms with van der Waals surface area (Å²) in [4.78, 5) is 4.96. The Morgan fingerprint density at radius 2 is 1.79 bits per heavy atom. The van der Waals surface area contributed by atoms with Gasteiger partial charge < -0.3 is 0 Å². The zero-order valence-electron chi connectivity index (χ0n) is 13.9. The molecule has 1 aliphatic heterocycles. The Hall–Kier alpha value is -2.62. The normalized spacial score (nSPS) is 19.0. The van der Waals surface area contributed by atoms with Crippen molar-refractivity contribution >= 4 is 16.6 Å². The van der Waals surface area contributed by atoms with E-state index < -0.39 is 0 Å². The lowest BCUT2D eigenvalue weighted by Crippen LogP contribution is -2.33. The van der Waals surface area contributed by atoms with Crippen molar-refractivity contribution in [1.82, 2.24) is 10.2 Å². The molecule has 0 N–H and O–H groups in total. The van der Waals surface area contributed by atoms with Crippen LogP contribution in [0.25, 0.3) is 10.9 Å². The summed E-state index contributed by atoms with van der Waals surface area (Å²) in [6.45, 7) is 6.45. The second-order valence-electron chi connectivity index (χ2n) is 6.83. The van der Waals surface area contributed by atoms with E-state index in [0.717, 1.165) is 16.7 Å². The van der Waals surface area contributed by atoms with Crippen molar-refractivity contribution in [2.45, 2.75) is 32.2 Å². The maximum atomic E-state index is 13.8. The zero-order chi connectivity index (χ0) is 16.9. The second kappa shape index (κ2) is 5.20. The van der Waals surface area contributed by atoms with E-state index in [1.807, 2.05) is 18.2 Å². The summed E-state index contributed by atoms with van der Waals surface area (Å²) in [5.41, 5.74) is 3.90. The SMILES string of the molecule is CC1c2ccccc2C(c2cc3cccc(F)c3nn2)=NC1(C)C. The summed E-state index contributed by atoms with van der Waals surface area (Å²) in [6.07, 6.45) is 0. The van der Waals surface area contributed by atoms with Crippen molar-refractivity contribution in [3.63, 3.8) is 0 Å². The van der Waals surface area contributed by atoms with Gasteiger partial charge in [-0.15, -0.1) is 10.2 Å². The molecular formula is C20H18FN3. The van der Waals surface area contributed by atoms with Crippen LogP contribution in [0.1, 0.15) is 43.5 Å². The Kier molecular flexibility index (Phi) is 3.23. The molecule has 2 aromatic carbocycles. The van der Waals surface area contributed by atoms with Crippen LogP contribution in [-0.4, -0.2) is 21.4 Å². The van der Waals surface area contributed by atoms with Crippen LogP contribution in [-0.2, 0) is 0 Å². The molecule has 0 bridgehead atoms. The number of halogens is 1. The minimum absolute atomic E-state index is 0.234. The highest BCUT2D eigenvalue weighted by molar-refractivity contribution is 6.14. The van der Waals surface area contributed by atoms with Gasteiger partial charge in [0.2, 0.25) is 0 Å². The van der Waals surface area contributed by atoms with E-state index in [1.165, 1.54) is 11.6 Å². The average molecular weight is 319 g/mol. The van der Waals surface area contributed by atoms with Gasteiger partial charge in [0.1, 0.15) is 11.2 Å². The molecular weight excluding hydrogens is 301 g/mol. The summed E-state index contributed by atoms with van der Waals surface area (Å²) in [6, 6.07) is 15.1. The van der Waals surface area contributed by atoms with E-state index in [4.69, 9.17) is 4.99 Å². The largest absolute Gasteiger partial charge is 0.276 e. The summed E-state index contributed by atoms with van der Waals surface area (Å²) in [7, 11) is 0. The third-order valence-electron chi connectivity index (χ3n) is 4.95. The van der Waals surface area contributed by atoms with Crippen molar-refractivity contribution in [1.29, 1.82) is 0 Å². The van der Waals surface area contributed by atoms with Crippen molar-refractivity contribution in [2.75, 3.05) is 0 Å². The highest BCUT2D eigenvalue weighted by Crippen LogP contribution is 2.38. The Morgan fingerprint density at radius 3 is 2.62 bits per heavy atom. The van der Waals surface area contributed by atoms with Gasteiger partial charge in [-0.25, -0.2) is 4.39 Å². The molecule has 2 heterocycles. The molecule has 24 heavy (non-hydrogen) atoms. The van der Waals surface area contributed by atoms with Crippen LogP contribution in [0.15, 0.2) is 53.5 Å². The van der Waals surface area contributed by atoms with Crippen molar-refractivity contribution in [2.24, 2.45) is 4.99 Å². The first-order chi connectivity index (χ1) is 11.5. The van der Waals surface area contributed by atoms with Gasteiger partial charge in [0, 0.05) is 16.9 Å². The van der Waals surface area contributed by atoms with Crippen LogP contribution in [0.3, 0.4) is 0 Å². The number of rotatable bonds is 1. The predicted molar refractivity (Wildman–Crippen MR) is 94.1 cm³/mol. The lowest BCUT2D eigenvalue weighted by atomic mass is 9.77. The van der Waals surface area contributed by atoms with Gasteiger partial charge in [0.15, 0.2) is 5.82 Å². The topological polar surface area (TPSA) is 38.1 Å². The monoisotopic (exact) mass is 319 g/mol. The number of hydrogen-bond acceptors (Lipinski definition) is 3. The van der Waals surface area contributed by atoms with Crippen LogP contribution in [0.4, 0.5) is 4.39 Å². The smallest absolute Gasteiger partial charge is 0.151 e. The lowest BCUT2D eigenvalue weighted by molar-refractivity contribution is 0.432. The van der Waals surface area contributed by atoms with Crippen molar-refractivity contribution in [3.8, 4) is 0 Å². The van der Waals surface area contributed by atoms with Crippen LogP contribution >= 0.6 is 0 Å². The molecule has 120 valence electrons. The molecule has 0 saturated heterocycles. The van der Waals surface area contributed by atoms with Crippen LogP contribution in [0.2, 0.25) is 0 Å². The molecule has 0 fully saturated rings. The fraction of sp³-hybridized carbons (Fsp3) is 0.250. The van der Waals surface area contributed by atoms with Crippen molar-refractivity contribution < 1.29 is 4.39 Å². The number of nitrogens with zero attached hydrogens (tertiary/aromatic N) is 3. The number of benzene rings is 2. The molecule has 0 aliphatic carbocycles. The van der Waals surface area contributed by atoms with E-state index in [2.05, 4.69) is 49.2 Å². The van der Waals surface area contributed by atoms with Gasteiger partial charge in [0.05, 0.1) is 11.3 Å². The van der Waals surface area contributed by atoms with Gasteiger partial charge >= 0.3 is 0 Å². The van der Waals surface area contributed by atoms with E-state index in [0.29, 0.717) is 17.1 Å². The van der Waals surface area contributed by atoms with Gasteiger partial charge in [-0.05, 0) is 31.5 Å². The molecule has 0 spiro atoms. The van der Waals surface area contributed by atoms with Crippen molar-refractivity contribution in [3.05, 3.63) is 71.2 Å². The summed E-state index contributed by atoms with van der Waals surface area (Å²) in [5, 5.41) is 9.08. The van der Waals surface area contributed by atoms with E-state index in [9.17, 15) is 4.39 Å². The molecule has 4 rings (SSSR count). The number of hydrogen-bond donors (Lipinski definition) is 0. The molecule has 0 radical (unpaired) electrons. The first kappa shape index (κ1) is 14.9. The van der Waals surface area contributed by atoms with Crippen LogP contribution in [0, 0.1) is 5.82 Å². The molecule has 3 nitrogen and oxygen atoms in total. The first-order valence-electron chi connectivity index (χ1n) is 8.09. The van der Waals surface area contributed by atoms with Crippen LogP contribution in [0.5, 0.6) is 0 Å². The van der Waals surface area contributed by atoms with Gasteiger partial charge in [-0.3, -0.25) is 4.99 Å². The van der Waals surface area contributed by atoms with Crippen LogP contribution < -0.4 is 0 Å². The van der Waals surface area contributed by atoms with E-state index in [1.54, 1.807) is 6.07 Å². The maximum absolute atomic E-state index is 13.8. The molecule has 1 aliphatic rings. The van der Waals surface area contributed by atoms with E-state index >= 15 is 0 Å². The molecule has 0 amide bonds. The highest BCUT2D eigenvalue weighted by atomic mass is 19.1. The zero-order valence-corrected chi connectivity index (χ0v) is 13.9. The quantitative estimate of drug-likeness (QED) is 0.662. The number of aliphatic imine (C=N–C) groups is 1. The summed E-state index contributed by atoms with van der Waals surface area (Å²) in [5.74, 6) is -0.0465. The molecule has 3 aromatic rings. The molecule has 1 aromatic heterocycles. The first-order valence-corrected chi connectivity index (χ1v) is 8.09. The molecule has 4 heteroatoms. The Balaban J connectivity index is 1.95. The third kappa shape index (κ3) is 2.21. The highest BCUT2D eigenvalue weighted by Gasteiger charge is 2.34. The van der Waals surface area contributed by atoms with Gasteiger partial charge in [-0.1, -0.05) is 43.3 Å². The lowest BCUT2D eigenvalue weighted by Gasteiger charge is -2.35. The van der Waals surface area contributed by atoms with Gasteiger partial charge in [-0.2, -0.15) is 0 Å². The fourth-order valence-corrected chi connectivity index (χ4v) is 3.26. The standard InChI is InChI=1S/C20H18FN3/c1-12-14-8-4-5-9-15(14)19(22-20(12,2)3)17-11-13-7-6-10-16(21)18(13)24-23-17/h4-12H,1-3H3. The fourth-order valence-electron chi connectivity index (χ4n) is 3.26. The van der Waals surface area contributed by atoms with Gasteiger partial charge in [0.25, 0.3) is 0 Å². The Morgan fingerprint density at radius 1 is 1.00 bits per heavy atom. The Labute approximate surface area is 140 Å². The minimum Gasteiger partial charge on any atom is -0.276 e. The Bertz CT molecular complexity index is 976. The van der Waals surface area contributed by atoms with E-state index in [-0.39, 0.29) is 11.4 Å². The third-order valence-corrected chi connectivity index (χ3v) is 4.95. The summed E-state index contributed by atoms with van der Waals surface area (Å²) < 4.78 is 13.8. The molecule has 1 atom stereocenters. The minimum atomic E-state index is -0.355. The summed E-state index contributed by atoms with van der Waals surface area (Å²) >= 11 is 0. The number of fused-ring (bicyclic) bond motifs is 2. The number of aromatic nitrogens is 2. The average Bonchev–Trinajstić information content (AvgIpc) is 2.58. The maximum Gasteiger partial charge on any atom is 0.151 e. The molecule has 1 unspecified atom stereocenters. The predicted octanol–water partition coefficient (Wildman–Crippen LogP) is 4.50. The molecule has 0 saturated carbocycles.